The molecule has 0 N–H and O–H groups in total. The van der Waals surface area contributed by atoms with Gasteiger partial charge in [0.1, 0.15) is 5.75 Å². The second kappa shape index (κ2) is 10.3. The molecule has 0 bridgehead atoms. The fourth-order valence-electron chi connectivity index (χ4n) is 1.29. The van der Waals surface area contributed by atoms with Crippen molar-refractivity contribution >= 4 is 79.1 Å². The zero-order chi connectivity index (χ0) is 15.8. The molecule has 21 heavy (non-hydrogen) atoms. The molecule has 0 saturated carbocycles. The average Bonchev–Trinajstić information content (AvgIpc) is 2.45. The Morgan fingerprint density at radius 3 is 1.67 bits per heavy atom. The largest absolute Gasteiger partial charge is 0.497 e. The van der Waals surface area contributed by atoms with Crippen LogP contribution in [0.15, 0.2) is 51.1 Å². The fraction of sp³-hybridized carbons (Fsp3) is 0.0769. The first kappa shape index (κ1) is 19.5. The highest BCUT2D eigenvalue weighted by Gasteiger charge is 2.00. The Labute approximate surface area is 157 Å². The van der Waals surface area contributed by atoms with Crippen molar-refractivity contribution in [3.05, 3.63) is 46.4 Å². The monoisotopic (exact) mass is 418 g/mol. The summed E-state index contributed by atoms with van der Waals surface area (Å²) in [6, 6.07) is 10.7. The molecule has 0 fully saturated rings. The number of halogens is 4. The third-order valence-electron chi connectivity index (χ3n) is 2.11. The summed E-state index contributed by atoms with van der Waals surface area (Å²) in [5.41, 5.74) is 0. The topological polar surface area (TPSA) is 9.23 Å². The van der Waals surface area contributed by atoms with E-state index in [-0.39, 0.29) is 0 Å². The third-order valence-corrected chi connectivity index (χ3v) is 4.71. The summed E-state index contributed by atoms with van der Waals surface area (Å²) in [5.74, 6) is 0.767. The standard InChI is InChI=1S/C7H6Cl2OS2.C6H4Cl2S/c1-10-5-2-6(11-8)4-7(3-5)12-9;7-4-1-5(8)3-6(9)2-4/h2-4H,1H3;1-3,9H. The van der Waals surface area contributed by atoms with Crippen LogP contribution in [0.1, 0.15) is 0 Å². The smallest absolute Gasteiger partial charge is 0.121 e. The predicted molar refractivity (Wildman–Crippen MR) is 100 cm³/mol. The molecule has 2 rings (SSSR count). The lowest BCUT2D eigenvalue weighted by atomic mass is 10.3. The number of thiol groups is 1. The molecule has 0 atom stereocenters. The van der Waals surface area contributed by atoms with Crippen LogP contribution < -0.4 is 4.74 Å². The Balaban J connectivity index is 0.000000219. The van der Waals surface area contributed by atoms with Crippen LogP contribution in [0.4, 0.5) is 0 Å². The summed E-state index contributed by atoms with van der Waals surface area (Å²) in [6.45, 7) is 0. The van der Waals surface area contributed by atoms with Crippen LogP contribution in [0.25, 0.3) is 0 Å². The predicted octanol–water partition coefficient (Wildman–Crippen LogP) is 7.47. The zero-order valence-corrected chi connectivity index (χ0v) is 16.2. The molecule has 2 aromatic rings. The van der Waals surface area contributed by atoms with E-state index in [1.165, 1.54) is 0 Å². The second-order valence-electron chi connectivity index (χ2n) is 3.63. The molecule has 2 aromatic carbocycles. The molecule has 114 valence electrons. The van der Waals surface area contributed by atoms with E-state index in [2.05, 4.69) is 12.6 Å². The molecule has 1 nitrogen and oxygen atoms in total. The summed E-state index contributed by atoms with van der Waals surface area (Å²) >= 11 is 15.3. The number of ether oxygens (including phenoxy) is 1. The van der Waals surface area contributed by atoms with Crippen LogP contribution in [0.2, 0.25) is 10.0 Å². The Hall–Kier alpha value is 0.450. The van der Waals surface area contributed by atoms with Crippen LogP contribution in [0, 0.1) is 0 Å². The van der Waals surface area contributed by atoms with Crippen molar-refractivity contribution in [2.75, 3.05) is 7.11 Å². The maximum atomic E-state index is 5.62. The highest BCUT2D eigenvalue weighted by molar-refractivity contribution is 8.21. The lowest BCUT2D eigenvalue weighted by Gasteiger charge is -2.03. The van der Waals surface area contributed by atoms with Crippen LogP contribution in [-0.2, 0) is 0 Å². The van der Waals surface area contributed by atoms with Gasteiger partial charge >= 0.3 is 0 Å². The number of methoxy groups -OCH3 is 1. The average molecular weight is 420 g/mol. The van der Waals surface area contributed by atoms with E-state index in [9.17, 15) is 0 Å². The maximum absolute atomic E-state index is 5.62. The summed E-state index contributed by atoms with van der Waals surface area (Å²) in [7, 11) is 15.1. The van der Waals surface area contributed by atoms with E-state index in [1.807, 2.05) is 18.2 Å². The first-order chi connectivity index (χ1) is 9.98. The third kappa shape index (κ3) is 7.51. The van der Waals surface area contributed by atoms with E-state index in [4.69, 9.17) is 49.3 Å². The van der Waals surface area contributed by atoms with Gasteiger partial charge in [0.2, 0.25) is 0 Å². The van der Waals surface area contributed by atoms with Gasteiger partial charge in [-0.05, 0) is 79.7 Å². The summed E-state index contributed by atoms with van der Waals surface area (Å²) in [4.78, 5) is 2.64. The molecule has 0 aliphatic rings. The van der Waals surface area contributed by atoms with Crippen molar-refractivity contribution < 1.29 is 4.74 Å². The highest BCUT2D eigenvalue weighted by Crippen LogP contribution is 2.33. The van der Waals surface area contributed by atoms with Crippen LogP contribution in [0.3, 0.4) is 0 Å². The van der Waals surface area contributed by atoms with Crippen molar-refractivity contribution in [2.24, 2.45) is 0 Å². The van der Waals surface area contributed by atoms with Gasteiger partial charge < -0.3 is 4.74 Å². The quantitative estimate of drug-likeness (QED) is 0.517. The van der Waals surface area contributed by atoms with E-state index in [1.54, 1.807) is 25.3 Å². The molecule has 0 amide bonds. The molecule has 0 spiro atoms. The highest BCUT2D eigenvalue weighted by atomic mass is 35.7. The van der Waals surface area contributed by atoms with Crippen molar-refractivity contribution in [1.82, 2.24) is 0 Å². The molecule has 0 aromatic heterocycles. The van der Waals surface area contributed by atoms with Crippen molar-refractivity contribution in [3.8, 4) is 5.75 Å². The lowest BCUT2D eigenvalue weighted by molar-refractivity contribution is 0.412. The maximum Gasteiger partial charge on any atom is 0.121 e. The first-order valence-electron chi connectivity index (χ1n) is 5.39. The van der Waals surface area contributed by atoms with Gasteiger partial charge in [0.15, 0.2) is 0 Å². The Morgan fingerprint density at radius 2 is 1.33 bits per heavy atom. The minimum atomic E-state index is 0.618. The van der Waals surface area contributed by atoms with Crippen molar-refractivity contribution in [2.45, 2.75) is 14.7 Å². The molecule has 0 aliphatic carbocycles. The molecular weight excluding hydrogens is 410 g/mol. The molecule has 0 aliphatic heterocycles. The molecule has 0 radical (unpaired) electrons. The van der Waals surface area contributed by atoms with E-state index in [0.717, 1.165) is 42.4 Å². The summed E-state index contributed by atoms with van der Waals surface area (Å²) in [5, 5.41) is 1.24. The van der Waals surface area contributed by atoms with E-state index in [0.29, 0.717) is 10.0 Å². The summed E-state index contributed by atoms with van der Waals surface area (Å²) in [6.07, 6.45) is 0. The Kier molecular flexibility index (Phi) is 9.53. The second-order valence-corrected chi connectivity index (χ2v) is 7.19. The minimum absolute atomic E-state index is 0.618. The Morgan fingerprint density at radius 1 is 0.857 bits per heavy atom. The van der Waals surface area contributed by atoms with Gasteiger partial charge in [-0.3, -0.25) is 0 Å². The van der Waals surface area contributed by atoms with Crippen LogP contribution >= 0.6 is 79.1 Å². The van der Waals surface area contributed by atoms with Crippen LogP contribution in [0.5, 0.6) is 5.75 Å². The van der Waals surface area contributed by atoms with Gasteiger partial charge in [-0.2, -0.15) is 0 Å². The molecule has 8 heteroatoms. The van der Waals surface area contributed by atoms with Crippen molar-refractivity contribution in [1.29, 1.82) is 0 Å². The number of hydrogen-bond donors (Lipinski definition) is 1. The molecule has 0 heterocycles. The molecule has 0 unspecified atom stereocenters. The Bertz CT molecular complexity index is 490. The van der Waals surface area contributed by atoms with Gasteiger partial charge in [0, 0.05) is 24.7 Å². The number of hydrogen-bond acceptors (Lipinski definition) is 4. The van der Waals surface area contributed by atoms with E-state index < -0.39 is 0 Å². The van der Waals surface area contributed by atoms with Gasteiger partial charge in [0.25, 0.3) is 0 Å². The van der Waals surface area contributed by atoms with Gasteiger partial charge in [-0.25, -0.2) is 0 Å². The minimum Gasteiger partial charge on any atom is -0.497 e. The number of rotatable bonds is 3. The normalized spacial score (nSPS) is 9.81. The van der Waals surface area contributed by atoms with Gasteiger partial charge in [-0.15, -0.1) is 12.6 Å². The van der Waals surface area contributed by atoms with E-state index >= 15 is 0 Å². The molecular formula is C13H10Cl4OS3. The SMILES string of the molecule is COc1cc(SCl)cc(SCl)c1.Sc1cc(Cl)cc(Cl)c1. The fourth-order valence-corrected chi connectivity index (χ4v) is 3.52. The molecule has 0 saturated heterocycles. The van der Waals surface area contributed by atoms with Crippen molar-refractivity contribution in [3.63, 3.8) is 0 Å². The van der Waals surface area contributed by atoms with Crippen LogP contribution in [-0.4, -0.2) is 7.11 Å². The summed E-state index contributed by atoms with van der Waals surface area (Å²) < 4.78 is 5.06. The van der Waals surface area contributed by atoms with Gasteiger partial charge in [0.05, 0.1) is 7.11 Å². The van der Waals surface area contributed by atoms with Gasteiger partial charge in [-0.1, -0.05) is 23.2 Å². The first-order valence-corrected chi connectivity index (χ1v) is 9.88. The lowest BCUT2D eigenvalue weighted by Crippen LogP contribution is -1.82. The zero-order valence-electron chi connectivity index (χ0n) is 10.6. The number of benzene rings is 2.